The molecule has 157 valence electrons. The quantitative estimate of drug-likeness (QED) is 0.652. The number of hydrogen-bond acceptors (Lipinski definition) is 3. The molecule has 0 saturated heterocycles. The van der Waals surface area contributed by atoms with Crippen LogP contribution >= 0.6 is 0 Å². The van der Waals surface area contributed by atoms with Gasteiger partial charge in [-0.05, 0) is 110 Å². The van der Waals surface area contributed by atoms with Crippen LogP contribution < -0.4 is 0 Å². The third-order valence-electron chi connectivity index (χ3n) is 10.6. The molecule has 4 aliphatic rings. The summed E-state index contributed by atoms with van der Waals surface area (Å²) < 4.78 is 0. The van der Waals surface area contributed by atoms with Crippen molar-refractivity contribution in [1.29, 1.82) is 0 Å². The molecule has 1 radical (unpaired) electrons. The molecule has 2 N–H and O–H groups in total. The average Bonchev–Trinajstić information content (AvgIpc) is 3.02. The molecular weight excluding hydrogens is 347 g/mol. The highest BCUT2D eigenvalue weighted by molar-refractivity contribution is 6.43. The van der Waals surface area contributed by atoms with Crippen LogP contribution in [-0.4, -0.2) is 23.5 Å². The molecular formula is C24H40BO3. The molecule has 0 heterocycles. The highest BCUT2D eigenvalue weighted by Crippen LogP contribution is 2.69. The van der Waals surface area contributed by atoms with E-state index in [-0.39, 0.29) is 5.82 Å². The fourth-order valence-electron chi connectivity index (χ4n) is 9.03. The molecule has 0 amide bonds. The smallest absolute Gasteiger partial charge is 0.427 e. The van der Waals surface area contributed by atoms with Crippen molar-refractivity contribution in [2.75, 3.05) is 0 Å². The van der Waals surface area contributed by atoms with Gasteiger partial charge in [-0.1, -0.05) is 27.2 Å². The third kappa shape index (κ3) is 3.21. The molecule has 4 fully saturated rings. The number of carbonyl (C=O) groups excluding carboxylic acids is 1. The lowest BCUT2D eigenvalue weighted by Gasteiger charge is -2.61. The van der Waals surface area contributed by atoms with E-state index in [2.05, 4.69) is 27.1 Å². The van der Waals surface area contributed by atoms with Crippen LogP contribution in [0.3, 0.4) is 0 Å². The van der Waals surface area contributed by atoms with E-state index >= 15 is 0 Å². The van der Waals surface area contributed by atoms with Gasteiger partial charge in [0.25, 0.3) is 0 Å². The Hall–Kier alpha value is -0.345. The number of rotatable bonds is 5. The van der Waals surface area contributed by atoms with Gasteiger partial charge in [0.1, 0.15) is 0 Å². The SMILES string of the molecule is C[C@H](CC[C]=O)[C@H]1CC[C@H]2[C@@H]3CCC4CC(B(O)O)CC[C@]4(C)[C@H]3CC[C@]12C. The molecule has 2 unspecified atom stereocenters. The van der Waals surface area contributed by atoms with Gasteiger partial charge in [-0.2, -0.15) is 0 Å². The Labute approximate surface area is 172 Å². The van der Waals surface area contributed by atoms with Gasteiger partial charge in [-0.25, -0.2) is 0 Å². The first-order valence-corrected chi connectivity index (χ1v) is 12.0. The Balaban J connectivity index is 1.51. The zero-order chi connectivity index (χ0) is 20.1. The second-order valence-electron chi connectivity index (χ2n) is 11.5. The fourth-order valence-corrected chi connectivity index (χ4v) is 9.03. The minimum absolute atomic E-state index is 0.0924. The van der Waals surface area contributed by atoms with Crippen LogP contribution in [0.1, 0.15) is 91.4 Å². The second kappa shape index (κ2) is 7.73. The zero-order valence-electron chi connectivity index (χ0n) is 18.2. The molecule has 0 bridgehead atoms. The maximum atomic E-state index is 10.8. The number of hydrogen-bond donors (Lipinski definition) is 2. The van der Waals surface area contributed by atoms with Gasteiger partial charge >= 0.3 is 7.12 Å². The summed E-state index contributed by atoms with van der Waals surface area (Å²) in [7, 11) is -1.13. The van der Waals surface area contributed by atoms with E-state index in [0.29, 0.717) is 29.1 Å². The summed E-state index contributed by atoms with van der Waals surface area (Å²) in [5, 5.41) is 19.4. The van der Waals surface area contributed by atoms with Crippen LogP contribution in [0.4, 0.5) is 0 Å². The molecule has 0 aromatic heterocycles. The van der Waals surface area contributed by atoms with E-state index in [1.54, 1.807) is 0 Å². The van der Waals surface area contributed by atoms with Crippen LogP contribution in [-0.2, 0) is 4.79 Å². The van der Waals surface area contributed by atoms with Gasteiger partial charge in [0.2, 0.25) is 0 Å². The van der Waals surface area contributed by atoms with Gasteiger partial charge in [0.15, 0.2) is 6.29 Å². The fraction of sp³-hybridized carbons (Fsp3) is 0.958. The summed E-state index contributed by atoms with van der Waals surface area (Å²) in [5.41, 5.74) is 0.872. The predicted octanol–water partition coefficient (Wildman–Crippen LogP) is 5.01. The molecule has 0 aromatic rings. The lowest BCUT2D eigenvalue weighted by Crippen LogP contribution is -2.54. The molecule has 4 aliphatic carbocycles. The maximum Gasteiger partial charge on any atom is 0.454 e. The Morgan fingerprint density at radius 2 is 1.71 bits per heavy atom. The molecule has 4 rings (SSSR count). The summed E-state index contributed by atoms with van der Waals surface area (Å²) in [5.74, 6) is 4.74. The standard InChI is InChI=1S/C24H40BO3/c1-16(5-4-14-26)20-8-9-21-19-7-6-17-15-18(25(27)28)10-12-23(17,2)22(19)11-13-24(20,21)3/h16-22,27-28H,4-13,15H2,1-3H3/t16-,17?,18?,19+,20-,21+,22+,23+,24-/m1/s1. The molecule has 4 saturated carbocycles. The minimum Gasteiger partial charge on any atom is -0.427 e. The van der Waals surface area contributed by atoms with Gasteiger partial charge in [0.05, 0.1) is 0 Å². The van der Waals surface area contributed by atoms with Crippen molar-refractivity contribution in [1.82, 2.24) is 0 Å². The van der Waals surface area contributed by atoms with Crippen molar-refractivity contribution in [2.24, 2.45) is 46.3 Å². The largest absolute Gasteiger partial charge is 0.454 e. The Bertz CT molecular complexity index is 580. The van der Waals surface area contributed by atoms with E-state index in [1.807, 2.05) is 0 Å². The lowest BCUT2D eigenvalue weighted by atomic mass is 9.42. The van der Waals surface area contributed by atoms with E-state index < -0.39 is 7.12 Å². The Morgan fingerprint density at radius 3 is 2.43 bits per heavy atom. The molecule has 0 aliphatic heterocycles. The van der Waals surface area contributed by atoms with Gasteiger partial charge in [-0.3, -0.25) is 4.79 Å². The van der Waals surface area contributed by atoms with Crippen molar-refractivity contribution in [3.8, 4) is 0 Å². The first-order chi connectivity index (χ1) is 13.3. The zero-order valence-corrected chi connectivity index (χ0v) is 18.2. The third-order valence-corrected chi connectivity index (χ3v) is 10.6. The van der Waals surface area contributed by atoms with E-state index in [9.17, 15) is 14.8 Å². The molecule has 9 atom stereocenters. The van der Waals surface area contributed by atoms with Crippen molar-refractivity contribution >= 4 is 13.4 Å². The van der Waals surface area contributed by atoms with Gasteiger partial charge < -0.3 is 10.0 Å². The first-order valence-electron chi connectivity index (χ1n) is 12.0. The van der Waals surface area contributed by atoms with E-state index in [1.165, 1.54) is 44.9 Å². The monoisotopic (exact) mass is 387 g/mol. The van der Waals surface area contributed by atoms with Gasteiger partial charge in [0, 0.05) is 6.42 Å². The summed E-state index contributed by atoms with van der Waals surface area (Å²) >= 11 is 0. The van der Waals surface area contributed by atoms with Crippen LogP contribution in [0.5, 0.6) is 0 Å². The average molecular weight is 387 g/mol. The van der Waals surface area contributed by atoms with Crippen molar-refractivity contribution in [3.63, 3.8) is 0 Å². The van der Waals surface area contributed by atoms with Crippen molar-refractivity contribution in [2.45, 2.75) is 97.2 Å². The summed E-state index contributed by atoms with van der Waals surface area (Å²) in [6, 6.07) is 0. The molecule has 0 spiro atoms. The van der Waals surface area contributed by atoms with Crippen LogP contribution in [0.25, 0.3) is 0 Å². The van der Waals surface area contributed by atoms with Crippen LogP contribution in [0, 0.1) is 46.3 Å². The Morgan fingerprint density at radius 1 is 1.00 bits per heavy atom. The molecule has 0 aromatic carbocycles. The van der Waals surface area contributed by atoms with E-state index in [0.717, 1.165) is 42.9 Å². The molecule has 28 heavy (non-hydrogen) atoms. The number of fused-ring (bicyclic) bond motifs is 5. The predicted molar refractivity (Wildman–Crippen MR) is 113 cm³/mol. The van der Waals surface area contributed by atoms with Crippen LogP contribution in [0.15, 0.2) is 0 Å². The highest BCUT2D eigenvalue weighted by Gasteiger charge is 2.60. The van der Waals surface area contributed by atoms with Crippen LogP contribution in [0.2, 0.25) is 5.82 Å². The lowest BCUT2D eigenvalue weighted by molar-refractivity contribution is -0.115. The summed E-state index contributed by atoms with van der Waals surface area (Å²) in [4.78, 5) is 10.8. The van der Waals surface area contributed by atoms with Crippen molar-refractivity contribution in [3.05, 3.63) is 0 Å². The summed E-state index contributed by atoms with van der Waals surface area (Å²) in [6.07, 6.45) is 15.0. The Kier molecular flexibility index (Phi) is 5.77. The minimum atomic E-state index is -1.13. The van der Waals surface area contributed by atoms with Gasteiger partial charge in [-0.15, -0.1) is 0 Å². The normalized spacial score (nSPS) is 48.9. The van der Waals surface area contributed by atoms with Crippen molar-refractivity contribution < 1.29 is 14.8 Å². The maximum absolute atomic E-state index is 10.8. The topological polar surface area (TPSA) is 57.5 Å². The second-order valence-corrected chi connectivity index (χ2v) is 11.5. The summed E-state index contributed by atoms with van der Waals surface area (Å²) in [6.45, 7) is 7.51. The highest BCUT2D eigenvalue weighted by atomic mass is 16.4. The molecule has 3 nitrogen and oxygen atoms in total. The van der Waals surface area contributed by atoms with E-state index in [4.69, 9.17) is 0 Å². The molecule has 4 heteroatoms. The first kappa shape index (κ1) is 20.9.